The molecule has 0 amide bonds. The van der Waals surface area contributed by atoms with Crippen LogP contribution in [0.2, 0.25) is 5.02 Å². The molecule has 0 N–H and O–H groups in total. The second-order valence-corrected chi connectivity index (χ2v) is 3.95. The highest BCUT2D eigenvalue weighted by atomic mass is 35.5. The van der Waals surface area contributed by atoms with Crippen molar-refractivity contribution in [1.29, 1.82) is 0 Å². The fraction of sp³-hybridized carbons (Fsp3) is 0.167. The van der Waals surface area contributed by atoms with Gasteiger partial charge in [-0.2, -0.15) is 0 Å². The number of esters is 1. The molecule has 1 heterocycles. The number of aromatic nitrogens is 1. The fourth-order valence-corrected chi connectivity index (χ4v) is 1.97. The summed E-state index contributed by atoms with van der Waals surface area (Å²) in [4.78, 5) is 23.0. The van der Waals surface area contributed by atoms with E-state index < -0.39 is 12.1 Å². The molecule has 0 bridgehead atoms. The number of hydrogen-bond acceptors (Lipinski definition) is 4. The lowest BCUT2D eigenvalue weighted by Crippen LogP contribution is -2.10. The second-order valence-electron chi connectivity index (χ2n) is 3.54. The molecule has 0 aliphatic heterocycles. The number of fused-ring (bicyclic) bond motifs is 1. The van der Waals surface area contributed by atoms with E-state index in [9.17, 15) is 9.59 Å². The van der Waals surface area contributed by atoms with Gasteiger partial charge in [0, 0.05) is 11.6 Å². The van der Waals surface area contributed by atoms with Gasteiger partial charge in [0.1, 0.15) is 0 Å². The van der Waals surface area contributed by atoms with Crippen LogP contribution in [-0.2, 0) is 9.47 Å². The van der Waals surface area contributed by atoms with Gasteiger partial charge in [-0.05, 0) is 18.2 Å². The van der Waals surface area contributed by atoms with Crippen molar-refractivity contribution in [2.75, 3.05) is 14.2 Å². The molecule has 0 spiro atoms. The Balaban J connectivity index is 2.68. The highest BCUT2D eigenvalue weighted by Gasteiger charge is 2.15. The summed E-state index contributed by atoms with van der Waals surface area (Å²) in [5.41, 5.74) is 0.772. The van der Waals surface area contributed by atoms with Crippen molar-refractivity contribution >= 4 is 34.6 Å². The first-order valence-electron chi connectivity index (χ1n) is 5.05. The van der Waals surface area contributed by atoms with Crippen LogP contribution in [0.4, 0.5) is 4.79 Å². The number of ether oxygens (including phenoxy) is 2. The predicted molar refractivity (Wildman–Crippen MR) is 66.1 cm³/mol. The van der Waals surface area contributed by atoms with E-state index in [-0.39, 0.29) is 5.56 Å². The summed E-state index contributed by atoms with van der Waals surface area (Å²) < 4.78 is 10.5. The fourth-order valence-electron chi connectivity index (χ4n) is 1.69. The van der Waals surface area contributed by atoms with E-state index in [2.05, 4.69) is 9.47 Å². The van der Waals surface area contributed by atoms with Crippen molar-refractivity contribution in [2.24, 2.45) is 0 Å². The molecule has 0 fully saturated rings. The number of carbonyl (C=O) groups excluding carboxylic acids is 2. The number of nitrogens with zero attached hydrogens (tertiary/aromatic N) is 1. The van der Waals surface area contributed by atoms with Crippen molar-refractivity contribution < 1.29 is 19.1 Å². The molecule has 0 aliphatic carbocycles. The summed E-state index contributed by atoms with van der Waals surface area (Å²) >= 11 is 6.05. The number of methoxy groups -OCH3 is 2. The molecule has 0 radical (unpaired) electrons. The molecular weight excluding hydrogens is 258 g/mol. The van der Waals surface area contributed by atoms with Gasteiger partial charge in [-0.3, -0.25) is 4.57 Å². The van der Waals surface area contributed by atoms with Crippen LogP contribution in [0.5, 0.6) is 0 Å². The van der Waals surface area contributed by atoms with Gasteiger partial charge in [0.15, 0.2) is 0 Å². The highest BCUT2D eigenvalue weighted by molar-refractivity contribution is 6.36. The van der Waals surface area contributed by atoms with Crippen LogP contribution >= 0.6 is 11.6 Å². The second kappa shape index (κ2) is 4.70. The van der Waals surface area contributed by atoms with E-state index >= 15 is 0 Å². The molecule has 6 heteroatoms. The van der Waals surface area contributed by atoms with Crippen LogP contribution in [0.25, 0.3) is 10.9 Å². The van der Waals surface area contributed by atoms with Crippen LogP contribution < -0.4 is 0 Å². The number of carbonyl (C=O) groups is 2. The Bertz CT molecular complexity index is 632. The van der Waals surface area contributed by atoms with Crippen molar-refractivity contribution in [1.82, 2.24) is 4.57 Å². The average molecular weight is 268 g/mol. The predicted octanol–water partition coefficient (Wildman–Crippen LogP) is 2.70. The summed E-state index contributed by atoms with van der Waals surface area (Å²) in [6.45, 7) is 0. The van der Waals surface area contributed by atoms with Gasteiger partial charge in [-0.1, -0.05) is 11.6 Å². The SMILES string of the molecule is COC(=O)c1cc(Cl)c2ccn(C(=O)OC)c2c1. The van der Waals surface area contributed by atoms with Crippen molar-refractivity contribution in [2.45, 2.75) is 0 Å². The van der Waals surface area contributed by atoms with Gasteiger partial charge >= 0.3 is 12.1 Å². The minimum absolute atomic E-state index is 0.277. The zero-order valence-electron chi connectivity index (χ0n) is 9.77. The largest absolute Gasteiger partial charge is 0.465 e. The third kappa shape index (κ3) is 1.93. The first-order chi connectivity index (χ1) is 8.58. The minimum Gasteiger partial charge on any atom is -0.465 e. The maximum Gasteiger partial charge on any atom is 0.418 e. The van der Waals surface area contributed by atoms with Crippen LogP contribution in [0, 0.1) is 0 Å². The monoisotopic (exact) mass is 267 g/mol. The summed E-state index contributed by atoms with van der Waals surface area (Å²) in [7, 11) is 2.56. The molecule has 5 nitrogen and oxygen atoms in total. The Morgan fingerprint density at radius 3 is 2.56 bits per heavy atom. The zero-order chi connectivity index (χ0) is 13.3. The summed E-state index contributed by atoms with van der Waals surface area (Å²) in [5, 5.41) is 1.03. The van der Waals surface area contributed by atoms with E-state index in [0.717, 1.165) is 0 Å². The Labute approximate surface area is 108 Å². The molecule has 18 heavy (non-hydrogen) atoms. The first-order valence-corrected chi connectivity index (χ1v) is 5.43. The summed E-state index contributed by atoms with van der Waals surface area (Å²) in [6.07, 6.45) is 0.978. The molecule has 2 aromatic rings. The smallest absolute Gasteiger partial charge is 0.418 e. The normalized spacial score (nSPS) is 10.4. The van der Waals surface area contributed by atoms with E-state index in [4.69, 9.17) is 11.6 Å². The first kappa shape index (κ1) is 12.4. The van der Waals surface area contributed by atoms with E-state index in [1.807, 2.05) is 0 Å². The Morgan fingerprint density at radius 1 is 1.22 bits per heavy atom. The molecule has 94 valence electrons. The number of halogens is 1. The average Bonchev–Trinajstić information content (AvgIpc) is 2.81. The third-order valence-electron chi connectivity index (χ3n) is 2.55. The molecule has 0 saturated carbocycles. The molecule has 2 rings (SSSR count). The van der Waals surface area contributed by atoms with E-state index in [0.29, 0.717) is 15.9 Å². The Hall–Kier alpha value is -2.01. The molecule has 0 saturated heterocycles. The van der Waals surface area contributed by atoms with Gasteiger partial charge in [0.2, 0.25) is 0 Å². The minimum atomic E-state index is -0.553. The van der Waals surface area contributed by atoms with Gasteiger partial charge < -0.3 is 9.47 Å². The lowest BCUT2D eigenvalue weighted by atomic mass is 10.1. The molecular formula is C12H10ClNO4. The molecule has 1 aromatic heterocycles. The molecule has 0 atom stereocenters. The summed E-state index contributed by atoms with van der Waals surface area (Å²) in [6, 6.07) is 4.71. The third-order valence-corrected chi connectivity index (χ3v) is 2.86. The van der Waals surface area contributed by atoms with Gasteiger partial charge in [0.25, 0.3) is 0 Å². The van der Waals surface area contributed by atoms with Gasteiger partial charge in [-0.25, -0.2) is 9.59 Å². The zero-order valence-corrected chi connectivity index (χ0v) is 10.5. The van der Waals surface area contributed by atoms with Crippen LogP contribution in [0.1, 0.15) is 10.4 Å². The van der Waals surface area contributed by atoms with E-state index in [1.165, 1.54) is 37.1 Å². The maximum absolute atomic E-state index is 11.5. The summed E-state index contributed by atoms with van der Waals surface area (Å²) in [5.74, 6) is -0.517. The van der Waals surface area contributed by atoms with Crippen LogP contribution in [-0.4, -0.2) is 30.8 Å². The molecule has 0 aliphatic rings. The molecule has 0 unspecified atom stereocenters. The van der Waals surface area contributed by atoms with Crippen molar-refractivity contribution in [3.8, 4) is 0 Å². The Morgan fingerprint density at radius 2 is 1.94 bits per heavy atom. The van der Waals surface area contributed by atoms with Crippen LogP contribution in [0.3, 0.4) is 0 Å². The Kier molecular flexibility index (Phi) is 3.25. The van der Waals surface area contributed by atoms with Crippen molar-refractivity contribution in [3.05, 3.63) is 35.0 Å². The molecule has 1 aromatic carbocycles. The number of rotatable bonds is 1. The quantitative estimate of drug-likeness (QED) is 0.746. The standard InChI is InChI=1S/C12H10ClNO4/c1-17-11(15)7-5-9(13)8-3-4-14(10(8)6-7)12(16)18-2/h3-6H,1-2H3. The van der Waals surface area contributed by atoms with Crippen LogP contribution in [0.15, 0.2) is 24.4 Å². The number of benzene rings is 1. The lowest BCUT2D eigenvalue weighted by molar-refractivity contribution is 0.0601. The van der Waals surface area contributed by atoms with Crippen molar-refractivity contribution in [3.63, 3.8) is 0 Å². The topological polar surface area (TPSA) is 57.5 Å². The highest BCUT2D eigenvalue weighted by Crippen LogP contribution is 2.27. The van der Waals surface area contributed by atoms with Gasteiger partial charge in [0.05, 0.1) is 30.3 Å². The number of hydrogen-bond donors (Lipinski definition) is 0. The lowest BCUT2D eigenvalue weighted by Gasteiger charge is -2.05. The van der Waals surface area contributed by atoms with Gasteiger partial charge in [-0.15, -0.1) is 0 Å². The van der Waals surface area contributed by atoms with E-state index in [1.54, 1.807) is 6.07 Å². The maximum atomic E-state index is 11.5.